The smallest absolute Gasteiger partial charge is 0.325 e. The number of imide groups is 1. The molecule has 0 spiro atoms. The van der Waals surface area contributed by atoms with E-state index in [0.717, 1.165) is 10.5 Å². The lowest BCUT2D eigenvalue weighted by Gasteiger charge is -2.21. The van der Waals surface area contributed by atoms with Crippen LogP contribution in [0, 0.1) is 5.82 Å². The summed E-state index contributed by atoms with van der Waals surface area (Å²) in [6.07, 6.45) is 0. The zero-order valence-corrected chi connectivity index (χ0v) is 8.74. The predicted octanol–water partition coefficient (Wildman–Crippen LogP) is 1.44. The number of benzene rings is 1. The fraction of sp³-hybridized carbons (Fsp3) is 0.273. The van der Waals surface area contributed by atoms with Crippen molar-refractivity contribution >= 4 is 11.9 Å². The molecule has 0 aliphatic carbocycles. The summed E-state index contributed by atoms with van der Waals surface area (Å²) in [7, 11) is 0. The quantitative estimate of drug-likeness (QED) is 0.770. The number of carbonyl (C=O) groups is 2. The zero-order chi connectivity index (χ0) is 11.7. The maximum atomic E-state index is 12.7. The molecule has 16 heavy (non-hydrogen) atoms. The second-order valence-electron chi connectivity index (χ2n) is 3.65. The van der Waals surface area contributed by atoms with Gasteiger partial charge in [0.1, 0.15) is 5.82 Å². The molecule has 4 nitrogen and oxygen atoms in total. The molecular weight excluding hydrogens is 211 g/mol. The largest absolute Gasteiger partial charge is 0.329 e. The number of rotatable bonds is 2. The molecule has 0 saturated carbocycles. The van der Waals surface area contributed by atoms with Gasteiger partial charge in [0.2, 0.25) is 0 Å². The third-order valence-corrected chi connectivity index (χ3v) is 2.62. The minimum Gasteiger partial charge on any atom is -0.329 e. The number of nitrogens with one attached hydrogen (secondary N) is 1. The first-order valence-electron chi connectivity index (χ1n) is 4.95. The minimum absolute atomic E-state index is 0.0321. The second-order valence-corrected chi connectivity index (χ2v) is 3.65. The fourth-order valence-corrected chi connectivity index (χ4v) is 1.72. The van der Waals surface area contributed by atoms with Gasteiger partial charge in [-0.1, -0.05) is 12.1 Å². The minimum atomic E-state index is -0.401. The molecule has 1 unspecified atom stereocenters. The van der Waals surface area contributed by atoms with Crippen molar-refractivity contribution in [1.29, 1.82) is 0 Å². The maximum Gasteiger partial charge on any atom is 0.325 e. The lowest BCUT2D eigenvalue weighted by molar-refractivity contribution is -0.126. The number of carbonyl (C=O) groups excluding carboxylic acids is 2. The van der Waals surface area contributed by atoms with Gasteiger partial charge in [-0.2, -0.15) is 0 Å². The number of amides is 3. The highest BCUT2D eigenvalue weighted by atomic mass is 19.1. The van der Waals surface area contributed by atoms with E-state index >= 15 is 0 Å². The Hall–Kier alpha value is -1.91. The number of hydrogen-bond donors (Lipinski definition) is 1. The second kappa shape index (κ2) is 3.92. The van der Waals surface area contributed by atoms with Gasteiger partial charge >= 0.3 is 6.03 Å². The Labute approximate surface area is 92.0 Å². The highest BCUT2D eigenvalue weighted by Gasteiger charge is 2.33. The summed E-state index contributed by atoms with van der Waals surface area (Å²) in [4.78, 5) is 24.0. The van der Waals surface area contributed by atoms with Crippen LogP contribution in [-0.4, -0.2) is 23.4 Å². The molecule has 1 aromatic carbocycles. The lowest BCUT2D eigenvalue weighted by atomic mass is 10.1. The van der Waals surface area contributed by atoms with Crippen LogP contribution in [0.5, 0.6) is 0 Å². The molecule has 3 amide bonds. The van der Waals surface area contributed by atoms with E-state index < -0.39 is 6.03 Å². The third-order valence-electron chi connectivity index (χ3n) is 2.62. The molecule has 1 aliphatic heterocycles. The fourth-order valence-electron chi connectivity index (χ4n) is 1.72. The number of urea groups is 1. The van der Waals surface area contributed by atoms with E-state index in [9.17, 15) is 14.0 Å². The molecule has 0 bridgehead atoms. The molecule has 84 valence electrons. The monoisotopic (exact) mass is 222 g/mol. The summed E-state index contributed by atoms with van der Waals surface area (Å²) in [5.41, 5.74) is 0.729. The molecule has 0 aromatic heterocycles. The van der Waals surface area contributed by atoms with Crippen LogP contribution >= 0.6 is 0 Å². The van der Waals surface area contributed by atoms with Crippen molar-refractivity contribution in [3.05, 3.63) is 35.6 Å². The van der Waals surface area contributed by atoms with Crippen molar-refractivity contribution in [2.45, 2.75) is 13.0 Å². The summed E-state index contributed by atoms with van der Waals surface area (Å²) in [5.74, 6) is -0.602. The van der Waals surface area contributed by atoms with E-state index in [1.165, 1.54) is 12.1 Å². The van der Waals surface area contributed by atoms with E-state index in [4.69, 9.17) is 0 Å². The molecule has 5 heteroatoms. The van der Waals surface area contributed by atoms with Crippen LogP contribution in [0.4, 0.5) is 9.18 Å². The first-order chi connectivity index (χ1) is 7.59. The van der Waals surface area contributed by atoms with Crippen molar-refractivity contribution in [2.75, 3.05) is 6.54 Å². The van der Waals surface area contributed by atoms with Gasteiger partial charge in [0.05, 0.1) is 12.6 Å². The highest BCUT2D eigenvalue weighted by Crippen LogP contribution is 2.22. The summed E-state index contributed by atoms with van der Waals surface area (Å²) < 4.78 is 12.7. The van der Waals surface area contributed by atoms with Gasteiger partial charge in [0.15, 0.2) is 0 Å². The summed E-state index contributed by atoms with van der Waals surface area (Å²) in [6, 6.07) is 4.98. The molecule has 1 aliphatic rings. The van der Waals surface area contributed by atoms with Crippen LogP contribution in [-0.2, 0) is 4.79 Å². The Balaban J connectivity index is 2.24. The first-order valence-corrected chi connectivity index (χ1v) is 4.95. The average molecular weight is 222 g/mol. The van der Waals surface area contributed by atoms with Crippen molar-refractivity contribution in [3.63, 3.8) is 0 Å². The van der Waals surface area contributed by atoms with Crippen LogP contribution in [0.2, 0.25) is 0 Å². The highest BCUT2D eigenvalue weighted by molar-refractivity contribution is 6.02. The molecule has 2 rings (SSSR count). The van der Waals surface area contributed by atoms with Crippen LogP contribution in [0.15, 0.2) is 24.3 Å². The first kappa shape index (κ1) is 10.6. The molecule has 1 heterocycles. The summed E-state index contributed by atoms with van der Waals surface area (Å²) >= 11 is 0. The summed E-state index contributed by atoms with van der Waals surface area (Å²) in [6.45, 7) is 1.76. The molecule has 0 radical (unpaired) electrons. The van der Waals surface area contributed by atoms with E-state index in [0.29, 0.717) is 0 Å². The number of halogens is 1. The topological polar surface area (TPSA) is 49.4 Å². The third kappa shape index (κ3) is 1.76. The van der Waals surface area contributed by atoms with Crippen LogP contribution in [0.25, 0.3) is 0 Å². The molecule has 1 aromatic rings. The SMILES string of the molecule is CC(c1ccc(F)cc1)N1C(=O)CNC1=O. The van der Waals surface area contributed by atoms with Gasteiger partial charge in [0, 0.05) is 0 Å². The van der Waals surface area contributed by atoms with Crippen LogP contribution in [0.1, 0.15) is 18.5 Å². The summed E-state index contributed by atoms with van der Waals surface area (Å²) in [5, 5.41) is 2.44. The molecule has 1 N–H and O–H groups in total. The van der Waals surface area contributed by atoms with Gasteiger partial charge in [-0.15, -0.1) is 0 Å². The van der Waals surface area contributed by atoms with Gasteiger partial charge in [-0.25, -0.2) is 9.18 Å². The Morgan fingerprint density at radius 1 is 1.31 bits per heavy atom. The van der Waals surface area contributed by atoms with E-state index in [2.05, 4.69) is 5.32 Å². The molecule has 1 fully saturated rings. The number of nitrogens with zero attached hydrogens (tertiary/aromatic N) is 1. The Kier molecular flexibility index (Phi) is 2.60. The van der Waals surface area contributed by atoms with Gasteiger partial charge in [0.25, 0.3) is 5.91 Å². The van der Waals surface area contributed by atoms with Crippen LogP contribution in [0.3, 0.4) is 0 Å². The Morgan fingerprint density at radius 3 is 2.44 bits per heavy atom. The molecular formula is C11H11FN2O2. The average Bonchev–Trinajstić information content (AvgIpc) is 2.59. The van der Waals surface area contributed by atoms with Crippen molar-refractivity contribution in [2.24, 2.45) is 0 Å². The lowest BCUT2D eigenvalue weighted by Crippen LogP contribution is -2.33. The van der Waals surface area contributed by atoms with Crippen LogP contribution < -0.4 is 5.32 Å². The van der Waals surface area contributed by atoms with Crippen molar-refractivity contribution in [1.82, 2.24) is 10.2 Å². The van der Waals surface area contributed by atoms with E-state index in [-0.39, 0.29) is 24.3 Å². The number of hydrogen-bond acceptors (Lipinski definition) is 2. The predicted molar refractivity (Wildman–Crippen MR) is 55.1 cm³/mol. The van der Waals surface area contributed by atoms with Gasteiger partial charge in [-0.05, 0) is 24.6 Å². The van der Waals surface area contributed by atoms with E-state index in [1.807, 2.05) is 0 Å². The Morgan fingerprint density at radius 2 is 1.94 bits per heavy atom. The standard InChI is InChI=1S/C11H11FN2O2/c1-7(8-2-4-9(12)5-3-8)14-10(15)6-13-11(14)16/h2-5,7H,6H2,1H3,(H,13,16). The zero-order valence-electron chi connectivity index (χ0n) is 8.74. The molecule has 1 atom stereocenters. The van der Waals surface area contributed by atoms with Crippen molar-refractivity contribution < 1.29 is 14.0 Å². The van der Waals surface area contributed by atoms with Gasteiger partial charge in [-0.3, -0.25) is 9.69 Å². The molecule has 1 saturated heterocycles. The maximum absolute atomic E-state index is 12.7. The van der Waals surface area contributed by atoms with E-state index in [1.54, 1.807) is 19.1 Å². The van der Waals surface area contributed by atoms with Gasteiger partial charge < -0.3 is 5.32 Å². The normalized spacial score (nSPS) is 17.5. The van der Waals surface area contributed by atoms with Crippen molar-refractivity contribution in [3.8, 4) is 0 Å². The Bertz CT molecular complexity index is 414.